The number of rotatable bonds is 3. The minimum atomic E-state index is -0.0875. The molecular weight excluding hydrogens is 246 g/mol. The van der Waals surface area contributed by atoms with E-state index in [1.165, 1.54) is 0 Å². The van der Waals surface area contributed by atoms with Gasteiger partial charge in [0.2, 0.25) is 0 Å². The third-order valence-electron chi connectivity index (χ3n) is 3.23. The van der Waals surface area contributed by atoms with Crippen LogP contribution in [-0.4, -0.2) is 25.9 Å². The molecule has 0 saturated carbocycles. The van der Waals surface area contributed by atoms with Gasteiger partial charge < -0.3 is 18.8 Å². The SMILES string of the molecule is COc1cc(OC)c2c(c(C)cc(=O)n2C)c1OC. The predicted octanol–water partition coefficient (Wildman–Crippen LogP) is 1.87. The number of nitrogens with zero attached hydrogens (tertiary/aromatic N) is 1. The molecule has 2 rings (SSSR count). The van der Waals surface area contributed by atoms with Crippen molar-refractivity contribution in [3.05, 3.63) is 28.0 Å². The van der Waals surface area contributed by atoms with E-state index in [4.69, 9.17) is 14.2 Å². The number of fused-ring (bicyclic) bond motifs is 1. The Labute approximate surface area is 111 Å². The first-order valence-corrected chi connectivity index (χ1v) is 5.84. The largest absolute Gasteiger partial charge is 0.494 e. The summed E-state index contributed by atoms with van der Waals surface area (Å²) in [5.74, 6) is 1.76. The summed E-state index contributed by atoms with van der Waals surface area (Å²) in [5.41, 5.74) is 1.44. The smallest absolute Gasteiger partial charge is 0.251 e. The van der Waals surface area contributed by atoms with Crippen molar-refractivity contribution in [2.24, 2.45) is 7.05 Å². The molecule has 0 spiro atoms. The Hall–Kier alpha value is -2.17. The van der Waals surface area contributed by atoms with Crippen LogP contribution in [0.4, 0.5) is 0 Å². The molecular formula is C14H17NO4. The van der Waals surface area contributed by atoms with Gasteiger partial charge in [-0.3, -0.25) is 4.79 Å². The minimum absolute atomic E-state index is 0.0875. The zero-order chi connectivity index (χ0) is 14.2. The Morgan fingerprint density at radius 1 is 1.00 bits per heavy atom. The highest BCUT2D eigenvalue weighted by molar-refractivity contribution is 5.95. The lowest BCUT2D eigenvalue weighted by molar-refractivity contribution is 0.353. The fraction of sp³-hybridized carbons (Fsp3) is 0.357. The summed E-state index contributed by atoms with van der Waals surface area (Å²) in [4.78, 5) is 11.9. The third-order valence-corrected chi connectivity index (χ3v) is 3.23. The maximum absolute atomic E-state index is 11.9. The van der Waals surface area contributed by atoms with E-state index in [0.717, 1.165) is 10.9 Å². The van der Waals surface area contributed by atoms with Crippen molar-refractivity contribution in [2.75, 3.05) is 21.3 Å². The fourth-order valence-electron chi connectivity index (χ4n) is 2.28. The topological polar surface area (TPSA) is 49.7 Å². The molecule has 5 heteroatoms. The van der Waals surface area contributed by atoms with Gasteiger partial charge >= 0.3 is 0 Å². The van der Waals surface area contributed by atoms with Crippen molar-refractivity contribution >= 4 is 10.9 Å². The summed E-state index contributed by atoms with van der Waals surface area (Å²) in [6, 6.07) is 3.30. The standard InChI is InChI=1S/C14H17NO4/c1-8-6-11(16)15(2)13-9(17-3)7-10(18-4)14(19-5)12(8)13/h6-7H,1-5H3. The molecule has 102 valence electrons. The van der Waals surface area contributed by atoms with E-state index in [1.54, 1.807) is 45.1 Å². The van der Waals surface area contributed by atoms with E-state index >= 15 is 0 Å². The summed E-state index contributed by atoms with van der Waals surface area (Å²) in [6.45, 7) is 1.87. The highest BCUT2D eigenvalue weighted by Crippen LogP contribution is 2.41. The lowest BCUT2D eigenvalue weighted by Gasteiger charge is -2.17. The maximum Gasteiger partial charge on any atom is 0.251 e. The molecule has 0 aliphatic rings. The molecule has 0 bridgehead atoms. The number of benzene rings is 1. The van der Waals surface area contributed by atoms with Gasteiger partial charge in [-0.2, -0.15) is 0 Å². The second kappa shape index (κ2) is 4.84. The molecule has 0 amide bonds. The van der Waals surface area contributed by atoms with Gasteiger partial charge in [-0.25, -0.2) is 0 Å². The number of aromatic nitrogens is 1. The van der Waals surface area contributed by atoms with Crippen LogP contribution in [0.5, 0.6) is 17.2 Å². The lowest BCUT2D eigenvalue weighted by atomic mass is 10.1. The summed E-state index contributed by atoms with van der Waals surface area (Å²) in [6.07, 6.45) is 0. The Bertz CT molecular complexity index is 688. The maximum atomic E-state index is 11.9. The monoisotopic (exact) mass is 263 g/mol. The normalized spacial score (nSPS) is 10.6. The van der Waals surface area contributed by atoms with Gasteiger partial charge in [0.1, 0.15) is 5.75 Å². The van der Waals surface area contributed by atoms with Gasteiger partial charge in [0.05, 0.1) is 32.2 Å². The molecule has 0 fully saturated rings. The summed E-state index contributed by atoms with van der Waals surface area (Å²) in [5, 5.41) is 0.820. The number of aryl methyl sites for hydroxylation is 2. The van der Waals surface area contributed by atoms with Gasteiger partial charge in [-0.05, 0) is 12.5 Å². The van der Waals surface area contributed by atoms with Crippen molar-refractivity contribution in [2.45, 2.75) is 6.92 Å². The highest BCUT2D eigenvalue weighted by atomic mass is 16.5. The van der Waals surface area contributed by atoms with Gasteiger partial charge in [0.25, 0.3) is 5.56 Å². The number of hydrogen-bond acceptors (Lipinski definition) is 4. The van der Waals surface area contributed by atoms with E-state index in [9.17, 15) is 4.79 Å². The Morgan fingerprint density at radius 2 is 1.63 bits per heavy atom. The third kappa shape index (κ3) is 1.91. The van der Waals surface area contributed by atoms with Crippen LogP contribution in [0.15, 0.2) is 16.9 Å². The van der Waals surface area contributed by atoms with Crippen LogP contribution in [0.1, 0.15) is 5.56 Å². The van der Waals surface area contributed by atoms with Crippen molar-refractivity contribution in [3.8, 4) is 17.2 Å². The molecule has 5 nitrogen and oxygen atoms in total. The summed E-state index contributed by atoms with van der Waals surface area (Å²) >= 11 is 0. The predicted molar refractivity (Wildman–Crippen MR) is 73.6 cm³/mol. The summed E-state index contributed by atoms with van der Waals surface area (Å²) in [7, 11) is 6.42. The number of methoxy groups -OCH3 is 3. The Kier molecular flexibility index (Phi) is 3.38. The molecule has 0 atom stereocenters. The molecule has 1 aromatic carbocycles. The average molecular weight is 263 g/mol. The van der Waals surface area contributed by atoms with Crippen molar-refractivity contribution in [1.82, 2.24) is 4.57 Å². The Morgan fingerprint density at radius 3 is 2.16 bits per heavy atom. The molecule has 19 heavy (non-hydrogen) atoms. The van der Waals surface area contributed by atoms with Crippen molar-refractivity contribution in [1.29, 1.82) is 0 Å². The molecule has 0 aliphatic heterocycles. The number of ether oxygens (including phenoxy) is 3. The molecule has 2 aromatic rings. The molecule has 1 heterocycles. The van der Waals surface area contributed by atoms with E-state index in [0.29, 0.717) is 22.8 Å². The van der Waals surface area contributed by atoms with E-state index < -0.39 is 0 Å². The van der Waals surface area contributed by atoms with Crippen LogP contribution in [0, 0.1) is 6.92 Å². The number of pyridine rings is 1. The van der Waals surface area contributed by atoms with Crippen LogP contribution >= 0.6 is 0 Å². The zero-order valence-corrected chi connectivity index (χ0v) is 11.7. The van der Waals surface area contributed by atoms with E-state index in [2.05, 4.69) is 0 Å². The number of hydrogen-bond donors (Lipinski definition) is 0. The first-order valence-electron chi connectivity index (χ1n) is 5.84. The van der Waals surface area contributed by atoms with Gasteiger partial charge in [0, 0.05) is 19.2 Å². The molecule has 0 N–H and O–H groups in total. The quantitative estimate of drug-likeness (QED) is 0.848. The lowest BCUT2D eigenvalue weighted by Crippen LogP contribution is -2.17. The van der Waals surface area contributed by atoms with E-state index in [-0.39, 0.29) is 5.56 Å². The van der Waals surface area contributed by atoms with E-state index in [1.807, 2.05) is 6.92 Å². The van der Waals surface area contributed by atoms with Gasteiger partial charge in [0.15, 0.2) is 11.5 Å². The van der Waals surface area contributed by atoms with Gasteiger partial charge in [-0.15, -0.1) is 0 Å². The second-order valence-electron chi connectivity index (χ2n) is 4.26. The van der Waals surface area contributed by atoms with Crippen LogP contribution in [0.3, 0.4) is 0 Å². The average Bonchev–Trinajstić information content (AvgIpc) is 2.42. The van der Waals surface area contributed by atoms with Crippen LogP contribution in [-0.2, 0) is 7.05 Å². The highest BCUT2D eigenvalue weighted by Gasteiger charge is 2.18. The molecule has 0 radical (unpaired) electrons. The van der Waals surface area contributed by atoms with Crippen LogP contribution in [0.2, 0.25) is 0 Å². The molecule has 0 unspecified atom stereocenters. The van der Waals surface area contributed by atoms with Gasteiger partial charge in [-0.1, -0.05) is 0 Å². The molecule has 0 saturated heterocycles. The zero-order valence-electron chi connectivity index (χ0n) is 11.7. The van der Waals surface area contributed by atoms with Crippen molar-refractivity contribution < 1.29 is 14.2 Å². The summed E-state index contributed by atoms with van der Waals surface area (Å²) < 4.78 is 17.7. The van der Waals surface area contributed by atoms with Crippen LogP contribution in [0.25, 0.3) is 10.9 Å². The second-order valence-corrected chi connectivity index (χ2v) is 4.26. The first-order chi connectivity index (χ1) is 9.04. The fourth-order valence-corrected chi connectivity index (χ4v) is 2.28. The van der Waals surface area contributed by atoms with Crippen molar-refractivity contribution in [3.63, 3.8) is 0 Å². The minimum Gasteiger partial charge on any atom is -0.494 e. The van der Waals surface area contributed by atoms with Crippen LogP contribution < -0.4 is 19.8 Å². The molecule has 1 aromatic heterocycles. The Balaban J connectivity index is 3.09. The molecule has 0 aliphatic carbocycles. The first kappa shape index (κ1) is 13.3.